The molecule has 24 heavy (non-hydrogen) atoms. The number of hydrogen-bond acceptors (Lipinski definition) is 4. The fraction of sp³-hybridized carbons (Fsp3) is 0.0556. The van der Waals surface area contributed by atoms with Crippen LogP contribution in [0, 0.1) is 0 Å². The molecule has 0 atom stereocenters. The minimum absolute atomic E-state index is 0.158. The maximum absolute atomic E-state index is 12.6. The predicted octanol–water partition coefficient (Wildman–Crippen LogP) is 3.56. The highest BCUT2D eigenvalue weighted by Crippen LogP contribution is 2.27. The van der Waals surface area contributed by atoms with Gasteiger partial charge in [0.25, 0.3) is 10.0 Å². The number of nitrogens with zero attached hydrogens (tertiary/aromatic N) is 1. The van der Waals surface area contributed by atoms with E-state index in [1.807, 2.05) is 30.3 Å². The molecule has 6 heteroatoms. The van der Waals surface area contributed by atoms with E-state index in [2.05, 4.69) is 9.71 Å². The van der Waals surface area contributed by atoms with Gasteiger partial charge in [-0.25, -0.2) is 8.42 Å². The van der Waals surface area contributed by atoms with Gasteiger partial charge in [0.2, 0.25) is 0 Å². The molecule has 0 unspecified atom stereocenters. The molecule has 3 aromatic rings. The first-order chi connectivity index (χ1) is 11.6. The molecule has 0 bridgehead atoms. The van der Waals surface area contributed by atoms with Crippen molar-refractivity contribution in [2.24, 2.45) is 0 Å². The lowest BCUT2D eigenvalue weighted by Gasteiger charge is -2.12. The maximum Gasteiger partial charge on any atom is 0.261 e. The Kier molecular flexibility index (Phi) is 4.48. The van der Waals surface area contributed by atoms with E-state index in [9.17, 15) is 8.42 Å². The third-order valence-electron chi connectivity index (χ3n) is 3.47. The van der Waals surface area contributed by atoms with Crippen LogP contribution in [0.5, 0.6) is 5.75 Å². The molecule has 1 aromatic heterocycles. The molecule has 0 saturated heterocycles. The van der Waals surface area contributed by atoms with Gasteiger partial charge in [0, 0.05) is 11.8 Å². The zero-order valence-corrected chi connectivity index (χ0v) is 13.8. The van der Waals surface area contributed by atoms with Gasteiger partial charge in [-0.2, -0.15) is 0 Å². The van der Waals surface area contributed by atoms with Gasteiger partial charge in [-0.15, -0.1) is 0 Å². The van der Waals surface area contributed by atoms with Gasteiger partial charge >= 0.3 is 0 Å². The monoisotopic (exact) mass is 340 g/mol. The number of sulfonamides is 1. The second-order valence-corrected chi connectivity index (χ2v) is 6.73. The number of anilines is 1. The van der Waals surface area contributed by atoms with Crippen LogP contribution in [-0.2, 0) is 10.0 Å². The number of ether oxygens (including phenoxy) is 1. The van der Waals surface area contributed by atoms with Crippen LogP contribution in [0.4, 0.5) is 5.69 Å². The first-order valence-corrected chi connectivity index (χ1v) is 8.76. The van der Waals surface area contributed by atoms with Crippen molar-refractivity contribution in [1.29, 1.82) is 0 Å². The number of methoxy groups -OCH3 is 1. The predicted molar refractivity (Wildman–Crippen MR) is 93.5 cm³/mol. The second-order valence-electron chi connectivity index (χ2n) is 5.05. The SMILES string of the molecule is COc1ccc(S(=O)(=O)Nc2cccnc2-c2ccccc2)cc1. The third kappa shape index (κ3) is 3.38. The van der Waals surface area contributed by atoms with Crippen molar-refractivity contribution in [1.82, 2.24) is 4.98 Å². The Morgan fingerprint density at radius 3 is 2.29 bits per heavy atom. The zero-order chi connectivity index (χ0) is 17.0. The average Bonchev–Trinajstić information content (AvgIpc) is 2.63. The molecular weight excluding hydrogens is 324 g/mol. The van der Waals surface area contributed by atoms with Crippen molar-refractivity contribution in [3.8, 4) is 17.0 Å². The van der Waals surface area contributed by atoms with Crippen LogP contribution in [-0.4, -0.2) is 20.5 Å². The van der Waals surface area contributed by atoms with Crippen molar-refractivity contribution in [3.63, 3.8) is 0 Å². The molecule has 0 aliphatic carbocycles. The summed E-state index contributed by atoms with van der Waals surface area (Å²) in [6, 6.07) is 19.0. The fourth-order valence-electron chi connectivity index (χ4n) is 2.27. The number of rotatable bonds is 5. The lowest BCUT2D eigenvalue weighted by atomic mass is 10.1. The molecule has 1 heterocycles. The van der Waals surface area contributed by atoms with E-state index in [1.165, 1.54) is 19.2 Å². The summed E-state index contributed by atoms with van der Waals surface area (Å²) in [6.45, 7) is 0. The van der Waals surface area contributed by atoms with Gasteiger partial charge in [-0.1, -0.05) is 30.3 Å². The minimum Gasteiger partial charge on any atom is -0.497 e. The van der Waals surface area contributed by atoms with Crippen LogP contribution in [0.25, 0.3) is 11.3 Å². The molecule has 0 fully saturated rings. The van der Waals surface area contributed by atoms with E-state index in [1.54, 1.807) is 30.5 Å². The Balaban J connectivity index is 1.96. The van der Waals surface area contributed by atoms with Gasteiger partial charge < -0.3 is 4.74 Å². The molecular formula is C18H16N2O3S. The first-order valence-electron chi connectivity index (χ1n) is 7.27. The van der Waals surface area contributed by atoms with Gasteiger partial charge in [0.05, 0.1) is 23.4 Å². The van der Waals surface area contributed by atoms with Crippen LogP contribution >= 0.6 is 0 Å². The van der Waals surface area contributed by atoms with E-state index >= 15 is 0 Å². The largest absolute Gasteiger partial charge is 0.497 e. The van der Waals surface area contributed by atoms with E-state index < -0.39 is 10.0 Å². The van der Waals surface area contributed by atoms with Gasteiger partial charge in [0.15, 0.2) is 0 Å². The van der Waals surface area contributed by atoms with Crippen LogP contribution in [0.2, 0.25) is 0 Å². The molecule has 0 radical (unpaired) electrons. The first kappa shape index (κ1) is 16.0. The Bertz CT molecular complexity index is 924. The Morgan fingerprint density at radius 2 is 1.62 bits per heavy atom. The normalized spacial score (nSPS) is 11.0. The van der Waals surface area contributed by atoms with Crippen molar-refractivity contribution in [2.45, 2.75) is 4.90 Å². The summed E-state index contributed by atoms with van der Waals surface area (Å²) < 4.78 is 32.9. The summed E-state index contributed by atoms with van der Waals surface area (Å²) >= 11 is 0. The van der Waals surface area contributed by atoms with Crippen LogP contribution in [0.15, 0.2) is 77.8 Å². The molecule has 0 aliphatic rings. The summed E-state index contributed by atoms with van der Waals surface area (Å²) in [4.78, 5) is 4.47. The van der Waals surface area contributed by atoms with Gasteiger partial charge in [-0.05, 0) is 36.4 Å². The van der Waals surface area contributed by atoms with Crippen molar-refractivity contribution < 1.29 is 13.2 Å². The molecule has 0 saturated carbocycles. The molecule has 1 N–H and O–H groups in total. The molecule has 0 aliphatic heterocycles. The average molecular weight is 340 g/mol. The lowest BCUT2D eigenvalue weighted by Crippen LogP contribution is -2.14. The summed E-state index contributed by atoms with van der Waals surface area (Å²) in [7, 11) is -2.18. The van der Waals surface area contributed by atoms with Crippen molar-refractivity contribution in [3.05, 3.63) is 72.9 Å². The van der Waals surface area contributed by atoms with E-state index in [0.717, 1.165) is 5.56 Å². The molecule has 2 aromatic carbocycles. The molecule has 0 amide bonds. The molecule has 5 nitrogen and oxygen atoms in total. The van der Waals surface area contributed by atoms with E-state index in [4.69, 9.17) is 4.74 Å². The fourth-order valence-corrected chi connectivity index (χ4v) is 3.34. The summed E-state index contributed by atoms with van der Waals surface area (Å²) in [5, 5.41) is 0. The van der Waals surface area contributed by atoms with E-state index in [0.29, 0.717) is 17.1 Å². The van der Waals surface area contributed by atoms with Crippen LogP contribution < -0.4 is 9.46 Å². The maximum atomic E-state index is 12.6. The number of benzene rings is 2. The zero-order valence-electron chi connectivity index (χ0n) is 13.0. The van der Waals surface area contributed by atoms with Gasteiger partial charge in [-0.3, -0.25) is 9.71 Å². The highest BCUT2D eigenvalue weighted by molar-refractivity contribution is 7.92. The van der Waals surface area contributed by atoms with Crippen LogP contribution in [0.1, 0.15) is 0 Å². The topological polar surface area (TPSA) is 68.3 Å². The second kappa shape index (κ2) is 6.72. The Morgan fingerprint density at radius 1 is 0.917 bits per heavy atom. The summed E-state index contributed by atoms with van der Waals surface area (Å²) in [6.07, 6.45) is 1.63. The highest BCUT2D eigenvalue weighted by Gasteiger charge is 2.17. The van der Waals surface area contributed by atoms with Crippen molar-refractivity contribution in [2.75, 3.05) is 11.8 Å². The lowest BCUT2D eigenvalue weighted by molar-refractivity contribution is 0.414. The number of hydrogen-bond donors (Lipinski definition) is 1. The summed E-state index contributed by atoms with van der Waals surface area (Å²) in [5.41, 5.74) is 1.85. The summed E-state index contributed by atoms with van der Waals surface area (Å²) in [5.74, 6) is 0.598. The number of aromatic nitrogens is 1. The Hall–Kier alpha value is -2.86. The molecule has 3 rings (SSSR count). The highest BCUT2D eigenvalue weighted by atomic mass is 32.2. The number of nitrogens with one attached hydrogen (secondary N) is 1. The quantitative estimate of drug-likeness (QED) is 0.771. The Labute approximate surface area is 141 Å². The molecule has 0 spiro atoms. The van der Waals surface area contributed by atoms with Crippen molar-refractivity contribution >= 4 is 15.7 Å². The molecule has 122 valence electrons. The smallest absolute Gasteiger partial charge is 0.261 e. The number of pyridine rings is 1. The third-order valence-corrected chi connectivity index (χ3v) is 4.85. The van der Waals surface area contributed by atoms with Gasteiger partial charge in [0.1, 0.15) is 5.75 Å². The standard InChI is InChI=1S/C18H16N2O3S/c1-23-15-9-11-16(12-10-15)24(21,22)20-17-8-5-13-19-18(17)14-6-3-2-4-7-14/h2-13,20H,1H3. The van der Waals surface area contributed by atoms with E-state index in [-0.39, 0.29) is 4.90 Å². The van der Waals surface area contributed by atoms with Crippen LogP contribution in [0.3, 0.4) is 0 Å². The minimum atomic E-state index is -3.71.